The number of carbonyl (C=O) groups excluding carboxylic acids is 2. The monoisotopic (exact) mass is 1380 g/mol. The number of hydrogen-bond donors (Lipinski definition) is 0. The molecule has 0 heterocycles. The highest BCUT2D eigenvalue weighted by atomic mass is 31.2. The highest BCUT2D eigenvalue weighted by Crippen LogP contribution is 2.38. The molecule has 564 valence electrons. The molecule has 0 aliphatic heterocycles. The van der Waals surface area contributed by atoms with Crippen LogP contribution in [-0.4, -0.2) is 70.0 Å². The van der Waals surface area contributed by atoms with Crippen molar-refractivity contribution in [1.82, 2.24) is 0 Å². The van der Waals surface area contributed by atoms with Gasteiger partial charge in [0.2, 0.25) is 0 Å². The molecule has 0 aromatic heterocycles. The molecule has 0 spiro atoms. The zero-order valence-electron chi connectivity index (χ0n) is 64.5. The van der Waals surface area contributed by atoms with E-state index in [1.807, 2.05) is 21.1 Å². The van der Waals surface area contributed by atoms with E-state index in [-0.39, 0.29) is 32.0 Å². The lowest BCUT2D eigenvalue weighted by Crippen LogP contribution is -2.37. The third kappa shape index (κ3) is 81.1. The fourth-order valence-electron chi connectivity index (χ4n) is 11.5. The van der Waals surface area contributed by atoms with E-state index in [9.17, 15) is 19.0 Å². The minimum atomic E-state index is -4.65. The van der Waals surface area contributed by atoms with Crippen LogP contribution in [-0.2, 0) is 32.7 Å². The van der Waals surface area contributed by atoms with Gasteiger partial charge in [-0.2, -0.15) is 0 Å². The van der Waals surface area contributed by atoms with Gasteiger partial charge in [0.05, 0.1) is 27.7 Å². The molecule has 2 unspecified atom stereocenters. The number of hydrogen-bond acceptors (Lipinski definition) is 8. The first-order valence-corrected chi connectivity index (χ1v) is 42.4. The standard InChI is InChI=1S/C88H154NO8P/c1-6-8-10-12-14-16-18-20-22-24-26-28-30-32-34-36-38-40-42-43-44-45-47-48-50-52-54-56-58-60-62-64-66-68-70-72-74-76-78-80-87(90)94-84-86(85-96-98(92,93)95-83-82-89(3,4)5)97-88(91)81-79-77-75-73-71-69-67-65-63-61-59-57-55-53-51-49-46-41-39-37-35-33-31-29-27-25-23-21-19-17-15-13-11-9-7-2/h8-11,14-17,20-23,26-29,32-35,39,41,86H,6-7,12-13,18-19,24-25,30-31,36-38,40,42-85H2,1-5H3/b10-8-,11-9-,16-14-,17-15-,22-20-,23-21-,28-26-,29-27-,34-32-,35-33-,41-39-. The Morgan fingerprint density at radius 2 is 0.551 bits per heavy atom. The summed E-state index contributed by atoms with van der Waals surface area (Å²) in [6.07, 6.45) is 113. The number of esters is 2. The highest BCUT2D eigenvalue weighted by Gasteiger charge is 2.22. The van der Waals surface area contributed by atoms with Gasteiger partial charge in [-0.25, -0.2) is 0 Å². The molecule has 10 heteroatoms. The van der Waals surface area contributed by atoms with Crippen molar-refractivity contribution in [2.45, 2.75) is 367 Å². The fraction of sp³-hybridized carbons (Fsp3) is 0.727. The second kappa shape index (κ2) is 77.3. The first-order valence-electron chi connectivity index (χ1n) is 40.9. The SMILES string of the molecule is CC/C=C\C/C=C\C/C=C\C/C=C\C/C=C\C/C=C\CCCCCCCCCCCCCCCCCCC(=O)OC(COC(=O)CCCCCCCCCCCCCCCCCCCCCCCCC/C=C\C/C=C\C/C=C\C/C=C\C/C=C\CC)COP(=O)([O-])OCC[N+](C)(C)C. The lowest BCUT2D eigenvalue weighted by molar-refractivity contribution is -0.870. The normalized spacial score (nSPS) is 13.7. The van der Waals surface area contributed by atoms with Crippen molar-refractivity contribution in [2.24, 2.45) is 0 Å². The Hall–Kier alpha value is -3.85. The number of quaternary nitrogens is 1. The molecule has 0 saturated heterocycles. The van der Waals surface area contributed by atoms with Gasteiger partial charge in [0.25, 0.3) is 7.82 Å². The van der Waals surface area contributed by atoms with E-state index in [4.69, 9.17) is 18.5 Å². The Labute approximate surface area is 606 Å². The predicted octanol–water partition coefficient (Wildman–Crippen LogP) is 26.9. The minimum absolute atomic E-state index is 0.0328. The molecule has 0 fully saturated rings. The lowest BCUT2D eigenvalue weighted by atomic mass is 10.0. The van der Waals surface area contributed by atoms with Crippen molar-refractivity contribution in [3.63, 3.8) is 0 Å². The van der Waals surface area contributed by atoms with Gasteiger partial charge in [-0.05, 0) is 109 Å². The molecule has 0 aromatic carbocycles. The summed E-state index contributed by atoms with van der Waals surface area (Å²) < 4.78 is 34.4. The number of ether oxygens (including phenoxy) is 2. The molecule has 0 radical (unpaired) electrons. The maximum Gasteiger partial charge on any atom is 0.306 e. The molecule has 9 nitrogen and oxygen atoms in total. The number of carbonyl (C=O) groups is 2. The summed E-state index contributed by atoms with van der Waals surface area (Å²) >= 11 is 0. The zero-order chi connectivity index (χ0) is 71.1. The molecule has 0 N–H and O–H groups in total. The van der Waals surface area contributed by atoms with Crippen molar-refractivity contribution in [3.05, 3.63) is 134 Å². The number of rotatable bonds is 75. The van der Waals surface area contributed by atoms with E-state index in [2.05, 4.69) is 148 Å². The lowest BCUT2D eigenvalue weighted by Gasteiger charge is -2.28. The number of likely N-dealkylation sites (N-methyl/N-ethyl adjacent to an activating group) is 1. The van der Waals surface area contributed by atoms with Crippen LogP contribution < -0.4 is 4.89 Å². The van der Waals surface area contributed by atoms with E-state index < -0.39 is 26.5 Å². The fourth-order valence-corrected chi connectivity index (χ4v) is 12.2. The topological polar surface area (TPSA) is 111 Å². The number of unbranched alkanes of at least 4 members (excludes halogenated alkanes) is 39. The van der Waals surface area contributed by atoms with Gasteiger partial charge in [0, 0.05) is 12.8 Å². The van der Waals surface area contributed by atoms with E-state index >= 15 is 0 Å². The van der Waals surface area contributed by atoms with Gasteiger partial charge >= 0.3 is 11.9 Å². The van der Waals surface area contributed by atoms with Crippen LogP contribution in [0.4, 0.5) is 0 Å². The largest absolute Gasteiger partial charge is 0.756 e. The van der Waals surface area contributed by atoms with Crippen LogP contribution in [0.2, 0.25) is 0 Å². The third-order valence-electron chi connectivity index (χ3n) is 17.7. The Bertz CT molecular complexity index is 2120. The average Bonchev–Trinajstić information content (AvgIpc) is 1.08. The van der Waals surface area contributed by atoms with Crippen molar-refractivity contribution in [2.75, 3.05) is 47.5 Å². The van der Waals surface area contributed by atoms with E-state index in [1.165, 1.54) is 218 Å². The molecule has 0 aliphatic carbocycles. The minimum Gasteiger partial charge on any atom is -0.756 e. The van der Waals surface area contributed by atoms with Crippen LogP contribution in [0, 0.1) is 0 Å². The summed E-state index contributed by atoms with van der Waals surface area (Å²) in [7, 11) is 1.17. The second-order valence-corrected chi connectivity index (χ2v) is 29.8. The van der Waals surface area contributed by atoms with Gasteiger partial charge in [0.1, 0.15) is 19.8 Å². The Kier molecular flexibility index (Phi) is 74.3. The van der Waals surface area contributed by atoms with Crippen LogP contribution in [0.15, 0.2) is 134 Å². The number of phosphoric acid groups is 1. The summed E-state index contributed by atoms with van der Waals surface area (Å²) in [5.41, 5.74) is 0. The van der Waals surface area contributed by atoms with Crippen molar-refractivity contribution in [1.29, 1.82) is 0 Å². The van der Waals surface area contributed by atoms with Gasteiger partial charge in [-0.3, -0.25) is 14.2 Å². The molecule has 98 heavy (non-hydrogen) atoms. The summed E-state index contributed by atoms with van der Waals surface area (Å²) in [5, 5.41) is 0. The Morgan fingerprint density at radius 3 is 0.816 bits per heavy atom. The molecular weight excluding hydrogens is 1230 g/mol. The van der Waals surface area contributed by atoms with Gasteiger partial charge in [-0.15, -0.1) is 0 Å². The summed E-state index contributed by atoms with van der Waals surface area (Å²) in [5.74, 6) is -0.821. The third-order valence-corrected chi connectivity index (χ3v) is 18.6. The van der Waals surface area contributed by atoms with E-state index in [1.54, 1.807) is 0 Å². The predicted molar refractivity (Wildman–Crippen MR) is 424 cm³/mol. The van der Waals surface area contributed by atoms with Crippen LogP contribution in [0.25, 0.3) is 0 Å². The maximum absolute atomic E-state index is 12.9. The molecule has 0 rings (SSSR count). The quantitative estimate of drug-likeness (QED) is 0.0195. The summed E-state index contributed by atoms with van der Waals surface area (Å²) in [6.45, 7) is 4.05. The second-order valence-electron chi connectivity index (χ2n) is 28.4. The molecule has 2 atom stereocenters. The number of allylic oxidation sites excluding steroid dienone is 22. The van der Waals surface area contributed by atoms with Crippen LogP contribution >= 0.6 is 7.82 Å². The van der Waals surface area contributed by atoms with Gasteiger partial charge in [0.15, 0.2) is 6.10 Å². The molecule has 0 bridgehead atoms. The van der Waals surface area contributed by atoms with Crippen molar-refractivity contribution in [3.8, 4) is 0 Å². The zero-order valence-corrected chi connectivity index (χ0v) is 65.3. The molecule has 0 amide bonds. The first-order chi connectivity index (χ1) is 48.0. The molecule has 0 aliphatic rings. The van der Waals surface area contributed by atoms with Crippen LogP contribution in [0.1, 0.15) is 361 Å². The summed E-state index contributed by atoms with van der Waals surface area (Å²) in [4.78, 5) is 38.2. The van der Waals surface area contributed by atoms with Crippen LogP contribution in [0.3, 0.4) is 0 Å². The number of nitrogens with zero attached hydrogens (tertiary/aromatic N) is 1. The first kappa shape index (κ1) is 94.2. The maximum atomic E-state index is 12.9. The van der Waals surface area contributed by atoms with Gasteiger partial charge in [-0.1, -0.05) is 372 Å². The summed E-state index contributed by atoms with van der Waals surface area (Å²) in [6, 6.07) is 0. The average molecular weight is 1390 g/mol. The molecular formula is C88H154NO8P. The van der Waals surface area contributed by atoms with Gasteiger partial charge < -0.3 is 27.9 Å². The van der Waals surface area contributed by atoms with Crippen LogP contribution in [0.5, 0.6) is 0 Å². The van der Waals surface area contributed by atoms with Crippen molar-refractivity contribution < 1.29 is 42.1 Å². The van der Waals surface area contributed by atoms with E-state index in [0.29, 0.717) is 17.4 Å². The number of phosphoric ester groups is 1. The van der Waals surface area contributed by atoms with E-state index in [0.717, 1.165) is 109 Å². The Morgan fingerprint density at radius 1 is 0.316 bits per heavy atom. The Balaban J connectivity index is 3.94. The molecule has 0 saturated carbocycles. The highest BCUT2D eigenvalue weighted by molar-refractivity contribution is 7.45. The van der Waals surface area contributed by atoms with Crippen molar-refractivity contribution >= 4 is 19.8 Å². The smallest absolute Gasteiger partial charge is 0.306 e. The molecule has 0 aromatic rings.